The standard InChI is InChI=1S/C15H27N3OS/c1-12(2)10-16-11-14-13(3)17-15(20-14)4-5-18-6-8-19-9-7-18/h12,16H,4-11H2,1-3H3. The summed E-state index contributed by atoms with van der Waals surface area (Å²) < 4.78 is 5.38. The zero-order valence-electron chi connectivity index (χ0n) is 12.9. The van der Waals surface area contributed by atoms with Crippen molar-refractivity contribution in [3.8, 4) is 0 Å². The molecule has 1 aliphatic rings. The summed E-state index contributed by atoms with van der Waals surface area (Å²) in [6, 6.07) is 0. The number of nitrogens with one attached hydrogen (secondary N) is 1. The first-order valence-corrected chi connectivity index (χ1v) is 8.43. The number of thiazole rings is 1. The molecule has 0 aromatic carbocycles. The number of hydrogen-bond acceptors (Lipinski definition) is 5. The van der Waals surface area contributed by atoms with Crippen molar-refractivity contribution < 1.29 is 4.74 Å². The van der Waals surface area contributed by atoms with Gasteiger partial charge < -0.3 is 10.1 Å². The van der Waals surface area contributed by atoms with Crippen LogP contribution in [0.4, 0.5) is 0 Å². The predicted octanol–water partition coefficient (Wildman–Crippen LogP) is 2.07. The summed E-state index contributed by atoms with van der Waals surface area (Å²) in [6.07, 6.45) is 1.07. The molecule has 1 aromatic rings. The normalized spacial score (nSPS) is 17.0. The lowest BCUT2D eigenvalue weighted by Crippen LogP contribution is -2.37. The van der Waals surface area contributed by atoms with Crippen LogP contribution >= 0.6 is 11.3 Å². The highest BCUT2D eigenvalue weighted by Gasteiger charge is 2.12. The van der Waals surface area contributed by atoms with Gasteiger partial charge in [-0.1, -0.05) is 13.8 Å². The molecule has 114 valence electrons. The summed E-state index contributed by atoms with van der Waals surface area (Å²) in [6.45, 7) is 13.6. The van der Waals surface area contributed by atoms with Gasteiger partial charge in [0, 0.05) is 37.5 Å². The number of aryl methyl sites for hydroxylation is 1. The molecular weight excluding hydrogens is 270 g/mol. The van der Waals surface area contributed by atoms with Crippen LogP contribution in [0.2, 0.25) is 0 Å². The number of nitrogens with zero attached hydrogens (tertiary/aromatic N) is 2. The molecule has 1 saturated heterocycles. The molecular formula is C15H27N3OS. The Morgan fingerprint density at radius 3 is 2.80 bits per heavy atom. The second kappa shape index (κ2) is 8.08. The third-order valence-electron chi connectivity index (χ3n) is 3.52. The first-order chi connectivity index (χ1) is 9.65. The van der Waals surface area contributed by atoms with Crippen LogP contribution in [-0.2, 0) is 17.7 Å². The molecule has 0 atom stereocenters. The molecule has 0 radical (unpaired) electrons. The average Bonchev–Trinajstić information content (AvgIpc) is 2.78. The minimum Gasteiger partial charge on any atom is -0.379 e. The number of ether oxygens (including phenoxy) is 1. The van der Waals surface area contributed by atoms with Crippen molar-refractivity contribution in [1.82, 2.24) is 15.2 Å². The van der Waals surface area contributed by atoms with E-state index in [0.29, 0.717) is 5.92 Å². The lowest BCUT2D eigenvalue weighted by molar-refractivity contribution is 0.0384. The highest BCUT2D eigenvalue weighted by atomic mass is 32.1. The van der Waals surface area contributed by atoms with Gasteiger partial charge in [-0.3, -0.25) is 4.90 Å². The minimum absolute atomic E-state index is 0.698. The molecule has 1 aromatic heterocycles. The summed E-state index contributed by atoms with van der Waals surface area (Å²) >= 11 is 1.87. The molecule has 1 N–H and O–H groups in total. The molecule has 0 aliphatic carbocycles. The van der Waals surface area contributed by atoms with E-state index in [9.17, 15) is 0 Å². The Morgan fingerprint density at radius 2 is 2.10 bits per heavy atom. The monoisotopic (exact) mass is 297 g/mol. The van der Waals surface area contributed by atoms with Gasteiger partial charge in [-0.05, 0) is 19.4 Å². The third-order valence-corrected chi connectivity index (χ3v) is 4.74. The van der Waals surface area contributed by atoms with Gasteiger partial charge in [-0.15, -0.1) is 11.3 Å². The summed E-state index contributed by atoms with van der Waals surface area (Å²) in [4.78, 5) is 8.57. The van der Waals surface area contributed by atoms with Gasteiger partial charge in [0.15, 0.2) is 0 Å². The van der Waals surface area contributed by atoms with Gasteiger partial charge in [0.2, 0.25) is 0 Å². The molecule has 0 bridgehead atoms. The Balaban J connectivity index is 1.77. The van der Waals surface area contributed by atoms with E-state index in [-0.39, 0.29) is 0 Å². The Hall–Kier alpha value is -0.490. The Labute approximate surface area is 126 Å². The molecule has 0 unspecified atom stereocenters. The van der Waals surface area contributed by atoms with Crippen LogP contribution in [0.1, 0.15) is 29.4 Å². The molecule has 0 spiro atoms. The molecule has 0 amide bonds. The molecule has 20 heavy (non-hydrogen) atoms. The number of aromatic nitrogens is 1. The molecule has 2 rings (SSSR count). The van der Waals surface area contributed by atoms with Crippen LogP contribution in [0.5, 0.6) is 0 Å². The smallest absolute Gasteiger partial charge is 0.0944 e. The van der Waals surface area contributed by atoms with Crippen molar-refractivity contribution in [3.63, 3.8) is 0 Å². The van der Waals surface area contributed by atoms with Crippen molar-refractivity contribution >= 4 is 11.3 Å². The van der Waals surface area contributed by atoms with E-state index in [4.69, 9.17) is 9.72 Å². The van der Waals surface area contributed by atoms with Crippen LogP contribution in [0, 0.1) is 12.8 Å². The maximum Gasteiger partial charge on any atom is 0.0944 e. The highest BCUT2D eigenvalue weighted by Crippen LogP contribution is 2.18. The molecule has 0 saturated carbocycles. The van der Waals surface area contributed by atoms with Crippen LogP contribution < -0.4 is 5.32 Å². The van der Waals surface area contributed by atoms with Gasteiger partial charge in [-0.25, -0.2) is 4.98 Å². The van der Waals surface area contributed by atoms with Gasteiger partial charge in [0.05, 0.1) is 23.9 Å². The SMILES string of the molecule is Cc1nc(CCN2CCOCC2)sc1CNCC(C)C. The fraction of sp³-hybridized carbons (Fsp3) is 0.800. The van der Waals surface area contributed by atoms with Crippen LogP contribution in [0.15, 0.2) is 0 Å². The van der Waals surface area contributed by atoms with Crippen molar-refractivity contribution in [2.24, 2.45) is 5.92 Å². The molecule has 1 aliphatic heterocycles. The van der Waals surface area contributed by atoms with E-state index >= 15 is 0 Å². The number of hydrogen-bond donors (Lipinski definition) is 1. The highest BCUT2D eigenvalue weighted by molar-refractivity contribution is 7.11. The van der Waals surface area contributed by atoms with Crippen molar-refractivity contribution in [1.29, 1.82) is 0 Å². The van der Waals surface area contributed by atoms with Crippen molar-refractivity contribution in [2.75, 3.05) is 39.4 Å². The largest absolute Gasteiger partial charge is 0.379 e. The predicted molar refractivity (Wildman–Crippen MR) is 84.4 cm³/mol. The average molecular weight is 297 g/mol. The van der Waals surface area contributed by atoms with Gasteiger partial charge in [0.25, 0.3) is 0 Å². The second-order valence-electron chi connectivity index (χ2n) is 5.84. The van der Waals surface area contributed by atoms with E-state index in [1.54, 1.807) is 0 Å². The molecule has 4 nitrogen and oxygen atoms in total. The van der Waals surface area contributed by atoms with E-state index < -0.39 is 0 Å². The van der Waals surface area contributed by atoms with Crippen LogP contribution in [0.25, 0.3) is 0 Å². The van der Waals surface area contributed by atoms with Gasteiger partial charge >= 0.3 is 0 Å². The Bertz CT molecular complexity index is 400. The van der Waals surface area contributed by atoms with Crippen LogP contribution in [0.3, 0.4) is 0 Å². The van der Waals surface area contributed by atoms with E-state index in [0.717, 1.165) is 52.4 Å². The zero-order chi connectivity index (χ0) is 14.4. The second-order valence-corrected chi connectivity index (χ2v) is 7.01. The maximum atomic E-state index is 5.38. The summed E-state index contributed by atoms with van der Waals surface area (Å²) in [5, 5.41) is 4.78. The lowest BCUT2D eigenvalue weighted by Gasteiger charge is -2.25. The summed E-state index contributed by atoms with van der Waals surface area (Å²) in [5.41, 5.74) is 1.20. The molecule has 2 heterocycles. The third kappa shape index (κ3) is 5.13. The minimum atomic E-state index is 0.698. The maximum absolute atomic E-state index is 5.38. The zero-order valence-corrected chi connectivity index (χ0v) is 13.8. The molecule has 1 fully saturated rings. The van der Waals surface area contributed by atoms with Crippen molar-refractivity contribution in [3.05, 3.63) is 15.6 Å². The van der Waals surface area contributed by atoms with E-state index in [2.05, 4.69) is 31.0 Å². The van der Waals surface area contributed by atoms with Crippen molar-refractivity contribution in [2.45, 2.75) is 33.7 Å². The number of rotatable bonds is 7. The summed E-state index contributed by atoms with van der Waals surface area (Å²) in [7, 11) is 0. The molecule has 5 heteroatoms. The van der Waals surface area contributed by atoms with E-state index in [1.165, 1.54) is 15.6 Å². The topological polar surface area (TPSA) is 37.4 Å². The van der Waals surface area contributed by atoms with Gasteiger partial charge in [-0.2, -0.15) is 0 Å². The number of morpholine rings is 1. The Morgan fingerprint density at radius 1 is 1.35 bits per heavy atom. The lowest BCUT2D eigenvalue weighted by atomic mass is 10.2. The fourth-order valence-corrected chi connectivity index (χ4v) is 3.34. The Kier molecular flexibility index (Phi) is 6.42. The quantitative estimate of drug-likeness (QED) is 0.836. The summed E-state index contributed by atoms with van der Waals surface area (Å²) in [5.74, 6) is 0.698. The van der Waals surface area contributed by atoms with Crippen LogP contribution in [-0.4, -0.2) is 49.3 Å². The first-order valence-electron chi connectivity index (χ1n) is 7.61. The first kappa shape index (κ1) is 15.9. The fourth-order valence-electron chi connectivity index (χ4n) is 2.31. The van der Waals surface area contributed by atoms with Gasteiger partial charge in [0.1, 0.15) is 0 Å². The van der Waals surface area contributed by atoms with E-state index in [1.807, 2.05) is 11.3 Å².